The lowest BCUT2D eigenvalue weighted by Crippen LogP contribution is -2.32. The van der Waals surface area contributed by atoms with Crippen molar-refractivity contribution in [2.45, 2.75) is 4.90 Å². The van der Waals surface area contributed by atoms with E-state index in [1.165, 1.54) is 45.6 Å². The molecule has 1 heterocycles. The van der Waals surface area contributed by atoms with Crippen LogP contribution in [-0.4, -0.2) is 39.1 Å². The highest BCUT2D eigenvalue weighted by Gasteiger charge is 2.40. The first-order chi connectivity index (χ1) is 20.8. The molecule has 0 aromatic heterocycles. The van der Waals surface area contributed by atoms with Crippen molar-refractivity contribution in [1.29, 1.82) is 0 Å². The Kier molecular flexibility index (Phi) is 8.63. The largest absolute Gasteiger partial charge is 0.497 e. The Bertz CT molecular complexity index is 1720. The Morgan fingerprint density at radius 1 is 0.767 bits per heavy atom. The van der Waals surface area contributed by atoms with E-state index in [0.717, 1.165) is 16.7 Å². The number of benzene rings is 4. The summed E-state index contributed by atoms with van der Waals surface area (Å²) in [5.41, 5.74) is 1.60. The first-order valence-electron chi connectivity index (χ1n) is 12.9. The molecule has 1 aliphatic heterocycles. The number of nitrogens with zero attached hydrogens (tertiary/aromatic N) is 1. The summed E-state index contributed by atoms with van der Waals surface area (Å²) < 4.78 is 29.3. The molecule has 1 aliphatic rings. The summed E-state index contributed by atoms with van der Waals surface area (Å²) in [6, 6.07) is 23.7. The van der Waals surface area contributed by atoms with Gasteiger partial charge in [0.1, 0.15) is 33.7 Å². The summed E-state index contributed by atoms with van der Waals surface area (Å²) in [5, 5.41) is 5.84. The van der Waals surface area contributed by atoms with Gasteiger partial charge in [-0.25, -0.2) is 9.29 Å². The molecule has 2 N–H and O–H groups in total. The fourth-order valence-electron chi connectivity index (χ4n) is 4.30. The van der Waals surface area contributed by atoms with Gasteiger partial charge in [0, 0.05) is 22.3 Å². The number of carbonyl (C=O) groups is 3. The van der Waals surface area contributed by atoms with E-state index in [2.05, 4.69) is 10.6 Å². The minimum Gasteiger partial charge on any atom is -0.497 e. The fraction of sp³-hybridized carbons (Fsp3) is 0.0938. The number of ether oxygens (including phenoxy) is 3. The van der Waals surface area contributed by atoms with Crippen molar-refractivity contribution in [3.8, 4) is 17.2 Å². The Hall–Kier alpha value is -5.29. The fourth-order valence-corrected chi connectivity index (χ4v) is 5.28. The number of hydrogen-bond acceptors (Lipinski definition) is 8. The van der Waals surface area contributed by atoms with Crippen LogP contribution in [0.4, 0.5) is 21.5 Å². The molecule has 0 unspecified atom stereocenters. The maximum Gasteiger partial charge on any atom is 0.283 e. The van der Waals surface area contributed by atoms with Crippen LogP contribution in [0.1, 0.15) is 10.4 Å². The summed E-state index contributed by atoms with van der Waals surface area (Å²) in [7, 11) is 4.50. The van der Waals surface area contributed by atoms with Crippen molar-refractivity contribution in [3.05, 3.63) is 113 Å². The van der Waals surface area contributed by atoms with Gasteiger partial charge in [-0.15, -0.1) is 0 Å². The van der Waals surface area contributed by atoms with Gasteiger partial charge in [0.05, 0.1) is 32.6 Å². The van der Waals surface area contributed by atoms with Crippen molar-refractivity contribution < 1.29 is 33.0 Å². The quantitative estimate of drug-likeness (QED) is 0.211. The lowest BCUT2D eigenvalue weighted by Gasteiger charge is -2.15. The third-order valence-electron chi connectivity index (χ3n) is 6.45. The molecule has 11 heteroatoms. The number of hydrogen-bond donors (Lipinski definition) is 2. The molecular formula is C32H26FN3O6S. The van der Waals surface area contributed by atoms with Gasteiger partial charge in [0.25, 0.3) is 17.7 Å². The molecule has 4 aromatic carbocycles. The highest BCUT2D eigenvalue weighted by Crippen LogP contribution is 2.39. The summed E-state index contributed by atoms with van der Waals surface area (Å²) in [4.78, 5) is 42.2. The number of halogens is 1. The van der Waals surface area contributed by atoms with E-state index in [9.17, 15) is 18.8 Å². The molecule has 218 valence electrons. The van der Waals surface area contributed by atoms with Crippen LogP contribution in [0.25, 0.3) is 0 Å². The predicted molar refractivity (Wildman–Crippen MR) is 162 cm³/mol. The number of methoxy groups -OCH3 is 3. The zero-order chi connectivity index (χ0) is 30.5. The number of thioether (sulfide) groups is 1. The van der Waals surface area contributed by atoms with Crippen LogP contribution in [0.2, 0.25) is 0 Å². The van der Waals surface area contributed by atoms with Gasteiger partial charge in [-0.3, -0.25) is 14.4 Å². The summed E-state index contributed by atoms with van der Waals surface area (Å²) in [6.07, 6.45) is 0. The highest BCUT2D eigenvalue weighted by atomic mass is 32.2. The maximum atomic E-state index is 13.7. The van der Waals surface area contributed by atoms with E-state index in [1.807, 2.05) is 0 Å². The molecule has 9 nitrogen and oxygen atoms in total. The highest BCUT2D eigenvalue weighted by molar-refractivity contribution is 8.04. The molecule has 0 saturated heterocycles. The summed E-state index contributed by atoms with van der Waals surface area (Å²) in [5.74, 6) is -0.491. The van der Waals surface area contributed by atoms with Crippen LogP contribution in [0.15, 0.2) is 106 Å². The molecule has 0 radical (unpaired) electrons. The minimum absolute atomic E-state index is 0.0369. The van der Waals surface area contributed by atoms with Gasteiger partial charge in [0.15, 0.2) is 0 Å². The molecule has 43 heavy (non-hydrogen) atoms. The zero-order valence-corrected chi connectivity index (χ0v) is 24.2. The van der Waals surface area contributed by atoms with Gasteiger partial charge in [-0.05, 0) is 78.9 Å². The average Bonchev–Trinajstić information content (AvgIpc) is 3.25. The van der Waals surface area contributed by atoms with E-state index in [4.69, 9.17) is 14.2 Å². The van der Waals surface area contributed by atoms with Crippen molar-refractivity contribution in [3.63, 3.8) is 0 Å². The average molecular weight is 600 g/mol. The molecule has 0 aliphatic carbocycles. The van der Waals surface area contributed by atoms with Crippen molar-refractivity contribution in [2.24, 2.45) is 0 Å². The Labute approximate surface area is 251 Å². The van der Waals surface area contributed by atoms with Crippen LogP contribution in [0, 0.1) is 5.82 Å². The number of rotatable bonds is 10. The van der Waals surface area contributed by atoms with Crippen LogP contribution in [0.5, 0.6) is 17.2 Å². The number of nitrogens with one attached hydrogen (secondary N) is 2. The van der Waals surface area contributed by atoms with E-state index in [0.29, 0.717) is 44.8 Å². The van der Waals surface area contributed by atoms with Crippen LogP contribution < -0.4 is 29.7 Å². The topological polar surface area (TPSA) is 106 Å². The van der Waals surface area contributed by atoms with Crippen LogP contribution in [-0.2, 0) is 9.59 Å². The molecule has 0 bridgehead atoms. The van der Waals surface area contributed by atoms with Crippen LogP contribution >= 0.6 is 11.8 Å². The smallest absolute Gasteiger partial charge is 0.283 e. The molecule has 0 fully saturated rings. The van der Waals surface area contributed by atoms with Gasteiger partial charge < -0.3 is 24.8 Å². The van der Waals surface area contributed by atoms with Gasteiger partial charge in [-0.1, -0.05) is 17.8 Å². The Morgan fingerprint density at radius 3 is 2.14 bits per heavy atom. The van der Waals surface area contributed by atoms with Crippen molar-refractivity contribution in [2.75, 3.05) is 36.9 Å². The molecule has 0 atom stereocenters. The van der Waals surface area contributed by atoms with Gasteiger partial charge in [-0.2, -0.15) is 0 Å². The third-order valence-corrected chi connectivity index (χ3v) is 7.52. The SMILES string of the molecule is COc1ccc(N2C(=O)C(Nc3ccc(F)cc3)=C(Sc3cccc(NC(=O)c4ccc(OC)cc4OC)c3)C2=O)cc1. The molecule has 0 spiro atoms. The van der Waals surface area contributed by atoms with E-state index in [-0.39, 0.29) is 10.6 Å². The zero-order valence-electron chi connectivity index (χ0n) is 23.3. The predicted octanol–water partition coefficient (Wildman–Crippen LogP) is 6.09. The molecule has 0 saturated carbocycles. The number of amides is 3. The molecule has 5 rings (SSSR count). The number of imide groups is 1. The van der Waals surface area contributed by atoms with Gasteiger partial charge >= 0.3 is 0 Å². The molecule has 4 aromatic rings. The van der Waals surface area contributed by atoms with Crippen molar-refractivity contribution in [1.82, 2.24) is 0 Å². The molecule has 3 amide bonds. The standard InChI is InChI=1S/C32H26FN3O6S/c1-40-23-13-11-22(12-14-23)36-31(38)28(34-20-9-7-19(33)8-10-20)29(32(36)39)43-25-6-4-5-21(17-25)35-30(37)26-16-15-24(41-2)18-27(26)42-3/h4-18,34H,1-3H3,(H,35,37). The first kappa shape index (κ1) is 29.2. The monoisotopic (exact) mass is 599 g/mol. The summed E-state index contributed by atoms with van der Waals surface area (Å²) >= 11 is 1.06. The van der Waals surface area contributed by atoms with E-state index >= 15 is 0 Å². The first-order valence-corrected chi connectivity index (χ1v) is 13.7. The second kappa shape index (κ2) is 12.7. The van der Waals surface area contributed by atoms with E-state index < -0.39 is 23.5 Å². The second-order valence-corrected chi connectivity index (χ2v) is 10.2. The Morgan fingerprint density at radius 2 is 1.47 bits per heavy atom. The van der Waals surface area contributed by atoms with Gasteiger partial charge in [0.2, 0.25) is 0 Å². The van der Waals surface area contributed by atoms with Crippen LogP contribution in [0.3, 0.4) is 0 Å². The molecular weight excluding hydrogens is 573 g/mol. The Balaban J connectivity index is 1.44. The maximum absolute atomic E-state index is 13.7. The minimum atomic E-state index is -0.571. The number of anilines is 3. The lowest BCUT2D eigenvalue weighted by molar-refractivity contribution is -0.120. The lowest BCUT2D eigenvalue weighted by atomic mass is 10.1. The van der Waals surface area contributed by atoms with E-state index in [1.54, 1.807) is 66.7 Å². The normalized spacial score (nSPS) is 12.8. The van der Waals surface area contributed by atoms with Crippen molar-refractivity contribution >= 4 is 46.5 Å². The number of carbonyl (C=O) groups excluding carboxylic acids is 3. The summed E-state index contributed by atoms with van der Waals surface area (Å²) in [6.45, 7) is 0. The second-order valence-electron chi connectivity index (χ2n) is 9.13. The third kappa shape index (κ3) is 6.31.